The summed E-state index contributed by atoms with van der Waals surface area (Å²) in [4.78, 5) is 2.90. The fourth-order valence-corrected chi connectivity index (χ4v) is 23.1. The van der Waals surface area contributed by atoms with Gasteiger partial charge in [0, 0.05) is 21.7 Å². The molecular formula is C19H37BClNSi2. The Bertz CT molecular complexity index is 475. The van der Waals surface area contributed by atoms with Gasteiger partial charge in [0.15, 0.2) is 0 Å². The van der Waals surface area contributed by atoms with Gasteiger partial charge >= 0.3 is 6.26 Å². The van der Waals surface area contributed by atoms with E-state index in [1.54, 1.807) is 0 Å². The first-order valence-corrected chi connectivity index (χ1v) is 17.8. The quantitative estimate of drug-likeness (QED) is 0.551. The summed E-state index contributed by atoms with van der Waals surface area (Å²) in [6.45, 7) is 16.9. The lowest BCUT2D eigenvalue weighted by molar-refractivity contribution is -0.0558. The molecule has 0 unspecified atom stereocenters. The van der Waals surface area contributed by atoms with Crippen molar-refractivity contribution < 1.29 is 0 Å². The average molecular weight is 382 g/mol. The van der Waals surface area contributed by atoms with Gasteiger partial charge in [0.1, 0.15) is 0 Å². The van der Waals surface area contributed by atoms with Crippen LogP contribution in [0.25, 0.3) is 0 Å². The maximum atomic E-state index is 7.50. The SMILES string of the molecule is C[Si](C)(C)C1([Si](C)(C)C)CCN(C23CC4CC(CC(C4)C2)C3)B1Cl. The molecule has 5 rings (SSSR count). The maximum Gasteiger partial charge on any atom is 0.332 e. The van der Waals surface area contributed by atoms with E-state index in [2.05, 4.69) is 44.1 Å². The maximum absolute atomic E-state index is 7.50. The molecule has 136 valence electrons. The molecule has 1 heterocycles. The van der Waals surface area contributed by atoms with Gasteiger partial charge in [-0.3, -0.25) is 0 Å². The van der Waals surface area contributed by atoms with Gasteiger partial charge < -0.3 is 4.81 Å². The van der Waals surface area contributed by atoms with E-state index in [4.69, 9.17) is 11.5 Å². The normalized spacial score (nSPS) is 42.1. The van der Waals surface area contributed by atoms with Crippen LogP contribution in [-0.4, -0.2) is 39.3 Å². The molecule has 1 aliphatic heterocycles. The van der Waals surface area contributed by atoms with Gasteiger partial charge in [0.25, 0.3) is 0 Å². The number of halogens is 1. The molecule has 0 aromatic rings. The zero-order valence-corrected chi connectivity index (χ0v) is 19.5. The molecule has 1 saturated heterocycles. The molecule has 0 N–H and O–H groups in total. The van der Waals surface area contributed by atoms with Gasteiger partial charge in [-0.25, -0.2) is 0 Å². The van der Waals surface area contributed by atoms with Gasteiger partial charge in [-0.15, -0.1) is 0 Å². The van der Waals surface area contributed by atoms with Crippen molar-refractivity contribution in [3.8, 4) is 0 Å². The van der Waals surface area contributed by atoms with Crippen molar-refractivity contribution >= 4 is 33.9 Å². The van der Waals surface area contributed by atoms with Crippen LogP contribution in [-0.2, 0) is 0 Å². The third-order valence-corrected chi connectivity index (χ3v) is 20.6. The summed E-state index contributed by atoms with van der Waals surface area (Å²) in [6.07, 6.45) is 10.7. The van der Waals surface area contributed by atoms with Gasteiger partial charge in [0.05, 0.1) is 0 Å². The summed E-state index contributed by atoms with van der Waals surface area (Å²) in [5.41, 5.74) is 0.488. The second-order valence-corrected chi connectivity index (χ2v) is 23.6. The minimum atomic E-state index is -1.34. The molecule has 5 fully saturated rings. The molecule has 0 spiro atoms. The Labute approximate surface area is 157 Å². The van der Waals surface area contributed by atoms with Gasteiger partial charge in [-0.2, -0.15) is 11.5 Å². The summed E-state index contributed by atoms with van der Waals surface area (Å²) < 4.78 is 0.463. The number of hydrogen-bond acceptors (Lipinski definition) is 1. The summed E-state index contributed by atoms with van der Waals surface area (Å²) in [5.74, 6) is 3.07. The van der Waals surface area contributed by atoms with Crippen LogP contribution in [0.4, 0.5) is 0 Å². The third-order valence-electron chi connectivity index (χ3n) is 8.72. The van der Waals surface area contributed by atoms with Crippen LogP contribution in [0.3, 0.4) is 0 Å². The largest absolute Gasteiger partial charge is 0.332 e. The molecule has 4 aliphatic carbocycles. The van der Waals surface area contributed by atoms with Crippen LogP contribution < -0.4 is 0 Å². The van der Waals surface area contributed by atoms with Crippen molar-refractivity contribution in [2.45, 2.75) is 94.3 Å². The van der Waals surface area contributed by atoms with Crippen LogP contribution in [0.2, 0.25) is 43.8 Å². The highest BCUT2D eigenvalue weighted by Crippen LogP contribution is 2.63. The molecule has 0 atom stereocenters. The second kappa shape index (κ2) is 5.39. The van der Waals surface area contributed by atoms with E-state index in [0.717, 1.165) is 17.8 Å². The standard InChI is InChI=1S/C19H37BClNSi2/c1-23(2,3)19(24(4,5)6)7-8-22(20(19)21)18-12-15-9-16(13-18)11-17(10-15)14-18/h15-17H,7-14H2,1-6H3. The van der Waals surface area contributed by atoms with Gasteiger partial charge in [-0.05, 0) is 73.8 Å². The molecule has 0 aromatic carbocycles. The predicted octanol–water partition coefficient (Wildman–Crippen LogP) is 5.88. The van der Waals surface area contributed by atoms with E-state index in [1.807, 2.05) is 0 Å². The van der Waals surface area contributed by atoms with E-state index in [1.165, 1.54) is 51.5 Å². The number of rotatable bonds is 3. The van der Waals surface area contributed by atoms with Crippen molar-refractivity contribution in [3.63, 3.8) is 0 Å². The molecule has 4 bridgehead atoms. The van der Waals surface area contributed by atoms with Crippen molar-refractivity contribution in [2.75, 3.05) is 6.54 Å². The Morgan fingerprint density at radius 1 is 0.833 bits per heavy atom. The Balaban J connectivity index is 1.69. The Morgan fingerprint density at radius 3 is 1.58 bits per heavy atom. The minimum absolute atomic E-state index is 0.312. The fourth-order valence-electron chi connectivity index (χ4n) is 8.28. The lowest BCUT2D eigenvalue weighted by atomic mass is 9.51. The van der Waals surface area contributed by atoms with E-state index in [9.17, 15) is 0 Å². The van der Waals surface area contributed by atoms with Crippen molar-refractivity contribution in [1.29, 1.82) is 0 Å². The predicted molar refractivity (Wildman–Crippen MR) is 113 cm³/mol. The number of hydrogen-bond donors (Lipinski definition) is 0. The van der Waals surface area contributed by atoms with Crippen LogP contribution >= 0.6 is 11.5 Å². The highest BCUT2D eigenvalue weighted by Gasteiger charge is 2.67. The zero-order valence-electron chi connectivity index (χ0n) is 16.8. The van der Waals surface area contributed by atoms with E-state index < -0.39 is 16.1 Å². The highest BCUT2D eigenvalue weighted by atomic mass is 35.5. The first-order valence-electron chi connectivity index (χ1n) is 10.4. The minimum Gasteiger partial charge on any atom is -0.323 e. The monoisotopic (exact) mass is 381 g/mol. The van der Waals surface area contributed by atoms with E-state index in [-0.39, 0.29) is 0 Å². The van der Waals surface area contributed by atoms with Crippen molar-refractivity contribution in [3.05, 3.63) is 0 Å². The summed E-state index contributed by atoms with van der Waals surface area (Å²) in [5, 5.41) is 0. The lowest BCUT2D eigenvalue weighted by Gasteiger charge is -2.61. The first kappa shape index (κ1) is 18.1. The van der Waals surface area contributed by atoms with Gasteiger partial charge in [0.2, 0.25) is 0 Å². The Hall–Kier alpha value is 0.749. The Morgan fingerprint density at radius 2 is 1.25 bits per heavy atom. The molecule has 5 heteroatoms. The molecular weight excluding hydrogens is 345 g/mol. The number of nitrogens with zero attached hydrogens (tertiary/aromatic N) is 1. The summed E-state index contributed by atoms with van der Waals surface area (Å²) in [6, 6.07) is 0. The van der Waals surface area contributed by atoms with Crippen LogP contribution in [0.1, 0.15) is 44.9 Å². The molecule has 24 heavy (non-hydrogen) atoms. The van der Waals surface area contributed by atoms with Gasteiger partial charge in [-0.1, -0.05) is 39.3 Å². The zero-order chi connectivity index (χ0) is 17.5. The molecule has 0 amide bonds. The highest BCUT2D eigenvalue weighted by molar-refractivity contribution is 7.24. The molecule has 0 radical (unpaired) electrons. The molecule has 5 aliphatic rings. The van der Waals surface area contributed by atoms with Crippen molar-refractivity contribution in [2.24, 2.45) is 17.8 Å². The Kier molecular flexibility index (Phi) is 4.07. The smallest absolute Gasteiger partial charge is 0.323 e. The summed E-state index contributed by atoms with van der Waals surface area (Å²) >= 11 is 7.50. The van der Waals surface area contributed by atoms with Crippen LogP contribution in [0.15, 0.2) is 0 Å². The van der Waals surface area contributed by atoms with Crippen LogP contribution in [0.5, 0.6) is 0 Å². The molecule has 1 nitrogen and oxygen atoms in total. The van der Waals surface area contributed by atoms with Crippen molar-refractivity contribution in [1.82, 2.24) is 4.81 Å². The summed E-state index contributed by atoms with van der Waals surface area (Å²) in [7, 11) is -2.68. The van der Waals surface area contributed by atoms with Crippen LogP contribution in [0, 0.1) is 17.8 Å². The third kappa shape index (κ3) is 2.34. The average Bonchev–Trinajstić information content (AvgIpc) is 2.75. The first-order chi connectivity index (χ1) is 11.0. The van der Waals surface area contributed by atoms with E-state index >= 15 is 0 Å². The second-order valence-electron chi connectivity index (χ2n) is 11.9. The fraction of sp³-hybridized carbons (Fsp3) is 1.00. The molecule has 4 saturated carbocycles. The topological polar surface area (TPSA) is 3.24 Å². The molecule has 0 aromatic heterocycles. The lowest BCUT2D eigenvalue weighted by Crippen LogP contribution is -2.66. The van der Waals surface area contributed by atoms with E-state index in [0.29, 0.717) is 16.4 Å².